The second kappa shape index (κ2) is 6.29. The number of thioether (sulfide) groups is 1. The summed E-state index contributed by atoms with van der Waals surface area (Å²) in [6, 6.07) is 6.24. The quantitative estimate of drug-likeness (QED) is 0.682. The van der Waals surface area contributed by atoms with Crippen LogP contribution in [0.15, 0.2) is 41.3 Å². The van der Waals surface area contributed by atoms with Crippen LogP contribution in [0, 0.1) is 0 Å². The smallest absolute Gasteiger partial charge is 0.330 e. The van der Waals surface area contributed by atoms with Crippen LogP contribution in [-0.2, 0) is 14.4 Å². The minimum atomic E-state index is -1.08. The molecular formula is C16H17N3O4S. The molecule has 2 aliphatic heterocycles. The molecule has 8 heteroatoms. The van der Waals surface area contributed by atoms with Gasteiger partial charge in [0.1, 0.15) is 17.5 Å². The van der Waals surface area contributed by atoms with E-state index in [1.165, 1.54) is 16.7 Å². The number of β-lactam (4-membered cyclic amide) rings is 1. The van der Waals surface area contributed by atoms with Crippen molar-refractivity contribution in [3.05, 3.63) is 46.9 Å². The van der Waals surface area contributed by atoms with Gasteiger partial charge in [-0.1, -0.05) is 30.3 Å². The van der Waals surface area contributed by atoms with E-state index in [0.717, 1.165) is 0 Å². The average molecular weight is 347 g/mol. The standard InChI is InChI=1S/C16H17N3O4S/c1-8-7-24-15-11(14(21)19(15)12(8)16(22)23)18-13(20)10(17)9-5-3-2-4-6-9/h2-7,10-12,15H,17H2,1H3,(H,18,20)(H,22,23). The van der Waals surface area contributed by atoms with Crippen LogP contribution in [0.1, 0.15) is 18.5 Å². The Labute approximate surface area is 142 Å². The molecule has 4 unspecified atom stereocenters. The lowest BCUT2D eigenvalue weighted by atomic mass is 9.98. The summed E-state index contributed by atoms with van der Waals surface area (Å²) < 4.78 is 0. The highest BCUT2D eigenvalue weighted by atomic mass is 32.2. The molecule has 0 bridgehead atoms. The molecule has 0 aromatic heterocycles. The first-order chi connectivity index (χ1) is 11.4. The summed E-state index contributed by atoms with van der Waals surface area (Å²) in [5.74, 6) is -1.94. The lowest BCUT2D eigenvalue weighted by Crippen LogP contribution is -2.74. The van der Waals surface area contributed by atoms with E-state index < -0.39 is 41.3 Å². The number of carboxylic acids is 1. The number of carboxylic acid groups (broad SMARTS) is 1. The Morgan fingerprint density at radius 3 is 2.62 bits per heavy atom. The van der Waals surface area contributed by atoms with Crippen LogP contribution in [0.3, 0.4) is 0 Å². The minimum absolute atomic E-state index is 0.402. The Kier molecular flexibility index (Phi) is 4.33. The van der Waals surface area contributed by atoms with Gasteiger partial charge in [0.2, 0.25) is 11.8 Å². The van der Waals surface area contributed by atoms with E-state index in [1.54, 1.807) is 36.6 Å². The third kappa shape index (κ3) is 2.67. The Morgan fingerprint density at radius 1 is 1.33 bits per heavy atom. The van der Waals surface area contributed by atoms with Crippen LogP contribution < -0.4 is 11.1 Å². The van der Waals surface area contributed by atoms with E-state index in [0.29, 0.717) is 11.1 Å². The van der Waals surface area contributed by atoms with Gasteiger partial charge in [0.05, 0.1) is 0 Å². The third-order valence-electron chi connectivity index (χ3n) is 4.16. The molecule has 0 aliphatic carbocycles. The first kappa shape index (κ1) is 16.5. The molecule has 4 atom stereocenters. The van der Waals surface area contributed by atoms with E-state index in [1.807, 2.05) is 6.07 Å². The third-order valence-corrected chi connectivity index (χ3v) is 5.44. The van der Waals surface area contributed by atoms with Gasteiger partial charge in [0, 0.05) is 0 Å². The maximum atomic E-state index is 12.3. The number of carbonyl (C=O) groups is 3. The van der Waals surface area contributed by atoms with Crippen molar-refractivity contribution >= 4 is 29.5 Å². The van der Waals surface area contributed by atoms with Crippen LogP contribution in [0.2, 0.25) is 0 Å². The molecule has 2 amide bonds. The number of hydrogen-bond donors (Lipinski definition) is 3. The van der Waals surface area contributed by atoms with Crippen molar-refractivity contribution in [1.29, 1.82) is 0 Å². The zero-order valence-electron chi connectivity index (χ0n) is 12.9. The van der Waals surface area contributed by atoms with Crippen LogP contribution in [0.4, 0.5) is 0 Å². The highest BCUT2D eigenvalue weighted by molar-refractivity contribution is 8.02. The number of aliphatic carboxylic acids is 1. The van der Waals surface area contributed by atoms with Gasteiger partial charge >= 0.3 is 5.97 Å². The molecule has 1 saturated heterocycles. The number of carbonyl (C=O) groups excluding carboxylic acids is 2. The highest BCUT2D eigenvalue weighted by Crippen LogP contribution is 2.39. The number of fused-ring (bicyclic) bond motifs is 1. The van der Waals surface area contributed by atoms with Gasteiger partial charge in [0.15, 0.2) is 6.04 Å². The van der Waals surface area contributed by atoms with Gasteiger partial charge < -0.3 is 21.1 Å². The zero-order valence-corrected chi connectivity index (χ0v) is 13.7. The SMILES string of the molecule is CC1=CSC2C(NC(=O)C(N)c3ccccc3)C(=O)N2C1C(=O)O. The van der Waals surface area contributed by atoms with E-state index in [2.05, 4.69) is 5.32 Å². The average Bonchev–Trinajstić information content (AvgIpc) is 2.59. The normalized spacial score (nSPS) is 26.8. The van der Waals surface area contributed by atoms with E-state index in [9.17, 15) is 19.5 Å². The summed E-state index contributed by atoms with van der Waals surface area (Å²) in [5, 5.41) is 13.2. The highest BCUT2D eigenvalue weighted by Gasteiger charge is 2.55. The fourth-order valence-electron chi connectivity index (χ4n) is 2.87. The molecule has 126 valence electrons. The Hall–Kier alpha value is -2.32. The van der Waals surface area contributed by atoms with Crippen LogP contribution in [0.25, 0.3) is 0 Å². The molecule has 1 aromatic carbocycles. The molecule has 0 saturated carbocycles. The van der Waals surface area contributed by atoms with Crippen molar-refractivity contribution in [2.24, 2.45) is 5.73 Å². The lowest BCUT2D eigenvalue weighted by molar-refractivity contribution is -0.160. The number of rotatable bonds is 4. The van der Waals surface area contributed by atoms with E-state index in [4.69, 9.17) is 5.73 Å². The largest absolute Gasteiger partial charge is 0.479 e. The molecular weight excluding hydrogens is 330 g/mol. The zero-order chi connectivity index (χ0) is 17.4. The summed E-state index contributed by atoms with van der Waals surface area (Å²) in [6.07, 6.45) is 0. The first-order valence-electron chi connectivity index (χ1n) is 7.40. The van der Waals surface area contributed by atoms with Crippen molar-refractivity contribution in [3.8, 4) is 0 Å². The van der Waals surface area contributed by atoms with Gasteiger partial charge in [-0.05, 0) is 23.5 Å². The molecule has 24 heavy (non-hydrogen) atoms. The number of nitrogens with one attached hydrogen (secondary N) is 1. The second-order valence-corrected chi connectivity index (χ2v) is 6.74. The molecule has 4 N–H and O–H groups in total. The number of nitrogens with zero attached hydrogens (tertiary/aromatic N) is 1. The van der Waals surface area contributed by atoms with Crippen molar-refractivity contribution in [2.75, 3.05) is 0 Å². The monoisotopic (exact) mass is 347 g/mol. The van der Waals surface area contributed by atoms with Gasteiger partial charge in [-0.15, -0.1) is 11.8 Å². The summed E-state index contributed by atoms with van der Waals surface area (Å²) in [7, 11) is 0. The fourth-order valence-corrected chi connectivity index (χ4v) is 4.05. The number of hydrogen-bond acceptors (Lipinski definition) is 5. The minimum Gasteiger partial charge on any atom is -0.479 e. The Morgan fingerprint density at radius 2 is 2.00 bits per heavy atom. The number of nitrogens with two attached hydrogens (primary N) is 1. The summed E-state index contributed by atoms with van der Waals surface area (Å²) in [5.41, 5.74) is 7.17. The summed E-state index contributed by atoms with van der Waals surface area (Å²) in [4.78, 5) is 37.3. The number of benzene rings is 1. The van der Waals surface area contributed by atoms with Gasteiger partial charge in [-0.25, -0.2) is 4.79 Å². The lowest BCUT2D eigenvalue weighted by Gasteiger charge is -2.51. The van der Waals surface area contributed by atoms with E-state index >= 15 is 0 Å². The maximum absolute atomic E-state index is 12.3. The predicted molar refractivity (Wildman–Crippen MR) is 88.7 cm³/mol. The van der Waals surface area contributed by atoms with Crippen LogP contribution >= 0.6 is 11.8 Å². The van der Waals surface area contributed by atoms with Crippen molar-refractivity contribution in [2.45, 2.75) is 30.4 Å². The maximum Gasteiger partial charge on any atom is 0.330 e. The van der Waals surface area contributed by atoms with Gasteiger partial charge in [0.25, 0.3) is 0 Å². The molecule has 0 radical (unpaired) electrons. The molecule has 2 heterocycles. The molecule has 0 spiro atoms. The van der Waals surface area contributed by atoms with Crippen molar-refractivity contribution in [3.63, 3.8) is 0 Å². The molecule has 7 nitrogen and oxygen atoms in total. The van der Waals surface area contributed by atoms with Crippen LogP contribution in [-0.4, -0.2) is 45.2 Å². The summed E-state index contributed by atoms with van der Waals surface area (Å²) in [6.45, 7) is 1.67. The first-order valence-corrected chi connectivity index (χ1v) is 8.34. The van der Waals surface area contributed by atoms with Gasteiger partial charge in [-0.2, -0.15) is 0 Å². The molecule has 1 fully saturated rings. The molecule has 2 aliphatic rings. The van der Waals surface area contributed by atoms with Crippen LogP contribution in [0.5, 0.6) is 0 Å². The Balaban J connectivity index is 1.71. The topological polar surface area (TPSA) is 113 Å². The molecule has 1 aromatic rings. The van der Waals surface area contributed by atoms with Gasteiger partial charge in [-0.3, -0.25) is 9.59 Å². The van der Waals surface area contributed by atoms with Crippen molar-refractivity contribution < 1.29 is 19.5 Å². The van der Waals surface area contributed by atoms with E-state index in [-0.39, 0.29) is 0 Å². The summed E-state index contributed by atoms with van der Waals surface area (Å²) >= 11 is 1.33. The fraction of sp³-hybridized carbons (Fsp3) is 0.312. The Bertz CT molecular complexity index is 721. The van der Waals surface area contributed by atoms with Crippen molar-refractivity contribution in [1.82, 2.24) is 10.2 Å². The second-order valence-electron chi connectivity index (χ2n) is 5.75. The number of amides is 2. The predicted octanol–water partition coefficient (Wildman–Crippen LogP) is 0.443. The molecule has 3 rings (SSSR count).